The second kappa shape index (κ2) is 9.76. The molecule has 2 aromatic carbocycles. The highest BCUT2D eigenvalue weighted by Gasteiger charge is 2.10. The fraction of sp³-hybridized carbons (Fsp3) is 0.263. The molecule has 1 amide bonds. The molecule has 0 atom stereocenters. The first-order valence-corrected chi connectivity index (χ1v) is 8.49. The van der Waals surface area contributed by atoms with Gasteiger partial charge in [0.2, 0.25) is 0 Å². The van der Waals surface area contributed by atoms with Crippen LogP contribution in [0.3, 0.4) is 0 Å². The van der Waals surface area contributed by atoms with Crippen molar-refractivity contribution in [3.8, 4) is 5.75 Å². The van der Waals surface area contributed by atoms with E-state index in [0.29, 0.717) is 31.1 Å². The maximum Gasteiger partial charge on any atom is 0.257 e. The molecule has 0 aliphatic rings. The Morgan fingerprint density at radius 2 is 1.92 bits per heavy atom. The Bertz CT molecular complexity index is 734. The number of rotatable bonds is 7. The maximum absolute atomic E-state index is 12.3. The number of thiocarbonyl (C=S) groups is 1. The predicted molar refractivity (Wildman–Crippen MR) is 103 cm³/mol. The smallest absolute Gasteiger partial charge is 0.257 e. The van der Waals surface area contributed by atoms with E-state index in [1.807, 2.05) is 56.3 Å². The zero-order chi connectivity index (χ0) is 18.1. The van der Waals surface area contributed by atoms with Crippen LogP contribution in [0.2, 0.25) is 0 Å². The highest BCUT2D eigenvalue weighted by atomic mass is 32.1. The SMILES string of the molecule is CCOCCOc1cccc(NC(=S)NC(=O)c2ccccc2C)c1. The highest BCUT2D eigenvalue weighted by molar-refractivity contribution is 7.80. The molecule has 2 N–H and O–H groups in total. The van der Waals surface area contributed by atoms with Crippen LogP contribution in [-0.4, -0.2) is 30.8 Å². The molecule has 0 aliphatic carbocycles. The normalized spacial score (nSPS) is 10.2. The summed E-state index contributed by atoms with van der Waals surface area (Å²) in [6.07, 6.45) is 0. The van der Waals surface area contributed by atoms with Gasteiger partial charge in [-0.25, -0.2) is 0 Å². The van der Waals surface area contributed by atoms with Crippen LogP contribution >= 0.6 is 12.2 Å². The molecule has 25 heavy (non-hydrogen) atoms. The molecule has 0 bridgehead atoms. The lowest BCUT2D eigenvalue weighted by molar-refractivity contribution is 0.0977. The number of carbonyl (C=O) groups excluding carboxylic acids is 1. The second-order valence-corrected chi connectivity index (χ2v) is 5.70. The molecule has 0 aliphatic heterocycles. The van der Waals surface area contributed by atoms with E-state index in [2.05, 4.69) is 10.6 Å². The van der Waals surface area contributed by atoms with Gasteiger partial charge in [0.05, 0.1) is 6.61 Å². The van der Waals surface area contributed by atoms with Crippen molar-refractivity contribution >= 4 is 28.9 Å². The second-order valence-electron chi connectivity index (χ2n) is 5.30. The van der Waals surface area contributed by atoms with Gasteiger partial charge >= 0.3 is 0 Å². The Morgan fingerprint density at radius 3 is 2.68 bits per heavy atom. The minimum absolute atomic E-state index is 0.236. The number of carbonyl (C=O) groups is 1. The van der Waals surface area contributed by atoms with Crippen molar-refractivity contribution in [3.05, 3.63) is 59.7 Å². The molecule has 0 spiro atoms. The number of ether oxygens (including phenoxy) is 2. The quantitative estimate of drug-likeness (QED) is 0.586. The lowest BCUT2D eigenvalue weighted by Gasteiger charge is -2.12. The Kier molecular flexibility index (Phi) is 7.37. The maximum atomic E-state index is 12.3. The number of hydrogen-bond donors (Lipinski definition) is 2. The molecule has 5 nitrogen and oxygen atoms in total. The van der Waals surface area contributed by atoms with Gasteiger partial charge in [-0.2, -0.15) is 0 Å². The Labute approximate surface area is 153 Å². The number of nitrogens with one attached hydrogen (secondary N) is 2. The molecule has 0 unspecified atom stereocenters. The summed E-state index contributed by atoms with van der Waals surface area (Å²) < 4.78 is 10.8. The van der Waals surface area contributed by atoms with Crippen LogP contribution in [0.15, 0.2) is 48.5 Å². The van der Waals surface area contributed by atoms with Crippen LogP contribution in [-0.2, 0) is 4.74 Å². The summed E-state index contributed by atoms with van der Waals surface area (Å²) in [7, 11) is 0. The van der Waals surface area contributed by atoms with E-state index in [9.17, 15) is 4.79 Å². The zero-order valence-corrected chi connectivity index (χ0v) is 15.2. The van der Waals surface area contributed by atoms with Crippen LogP contribution < -0.4 is 15.4 Å². The van der Waals surface area contributed by atoms with Crippen molar-refractivity contribution in [2.24, 2.45) is 0 Å². The van der Waals surface area contributed by atoms with E-state index < -0.39 is 0 Å². The van der Waals surface area contributed by atoms with Crippen molar-refractivity contribution in [2.45, 2.75) is 13.8 Å². The van der Waals surface area contributed by atoms with Gasteiger partial charge in [0.25, 0.3) is 5.91 Å². The third-order valence-corrected chi connectivity index (χ3v) is 3.61. The van der Waals surface area contributed by atoms with Gasteiger partial charge in [-0.05, 0) is 49.8 Å². The predicted octanol–water partition coefficient (Wildman–Crippen LogP) is 3.54. The molecule has 2 rings (SSSR count). The fourth-order valence-electron chi connectivity index (χ4n) is 2.19. The van der Waals surface area contributed by atoms with Crippen molar-refractivity contribution in [2.75, 3.05) is 25.1 Å². The van der Waals surface area contributed by atoms with Gasteiger partial charge in [-0.15, -0.1) is 0 Å². The number of benzene rings is 2. The van der Waals surface area contributed by atoms with E-state index in [4.69, 9.17) is 21.7 Å². The van der Waals surface area contributed by atoms with Crippen LogP contribution in [0.1, 0.15) is 22.8 Å². The van der Waals surface area contributed by atoms with E-state index in [0.717, 1.165) is 11.3 Å². The number of anilines is 1. The third-order valence-electron chi connectivity index (χ3n) is 3.41. The lowest BCUT2D eigenvalue weighted by Crippen LogP contribution is -2.34. The van der Waals surface area contributed by atoms with Crippen molar-refractivity contribution in [3.63, 3.8) is 0 Å². The van der Waals surface area contributed by atoms with Crippen LogP contribution in [0, 0.1) is 6.92 Å². The van der Waals surface area contributed by atoms with Gasteiger partial charge in [-0.1, -0.05) is 24.3 Å². The van der Waals surface area contributed by atoms with Crippen LogP contribution in [0.5, 0.6) is 5.75 Å². The molecule has 0 heterocycles. The number of amides is 1. The summed E-state index contributed by atoms with van der Waals surface area (Å²) in [5.74, 6) is 0.470. The van der Waals surface area contributed by atoms with Crippen molar-refractivity contribution < 1.29 is 14.3 Å². The molecule has 0 fully saturated rings. The van der Waals surface area contributed by atoms with E-state index in [1.165, 1.54) is 0 Å². The molecule has 6 heteroatoms. The molecule has 132 valence electrons. The Hall–Kier alpha value is -2.44. The minimum atomic E-state index is -0.236. The van der Waals surface area contributed by atoms with Crippen LogP contribution in [0.4, 0.5) is 5.69 Å². The summed E-state index contributed by atoms with van der Waals surface area (Å²) in [6.45, 7) is 5.51. The van der Waals surface area contributed by atoms with E-state index >= 15 is 0 Å². The molecule has 2 aromatic rings. The Balaban J connectivity index is 1.90. The summed E-state index contributed by atoms with van der Waals surface area (Å²) in [6, 6.07) is 14.7. The topological polar surface area (TPSA) is 59.6 Å². The van der Waals surface area contributed by atoms with Gasteiger partial charge < -0.3 is 14.8 Å². The summed E-state index contributed by atoms with van der Waals surface area (Å²) in [5, 5.41) is 5.91. The first-order valence-electron chi connectivity index (χ1n) is 8.08. The van der Waals surface area contributed by atoms with E-state index in [-0.39, 0.29) is 11.0 Å². The van der Waals surface area contributed by atoms with Crippen molar-refractivity contribution in [1.82, 2.24) is 5.32 Å². The zero-order valence-electron chi connectivity index (χ0n) is 14.4. The number of hydrogen-bond acceptors (Lipinski definition) is 4. The lowest BCUT2D eigenvalue weighted by atomic mass is 10.1. The average Bonchev–Trinajstić information content (AvgIpc) is 2.59. The summed E-state index contributed by atoms with van der Waals surface area (Å²) >= 11 is 5.22. The van der Waals surface area contributed by atoms with Crippen LogP contribution in [0.25, 0.3) is 0 Å². The molecular weight excluding hydrogens is 336 g/mol. The largest absolute Gasteiger partial charge is 0.491 e. The van der Waals surface area contributed by atoms with Gasteiger partial charge in [0, 0.05) is 23.9 Å². The van der Waals surface area contributed by atoms with E-state index in [1.54, 1.807) is 6.07 Å². The fourth-order valence-corrected chi connectivity index (χ4v) is 2.40. The summed E-state index contributed by atoms with van der Waals surface area (Å²) in [5.41, 5.74) is 2.23. The first-order chi connectivity index (χ1) is 12.1. The molecule has 0 radical (unpaired) electrons. The van der Waals surface area contributed by atoms with Gasteiger partial charge in [-0.3, -0.25) is 10.1 Å². The number of aryl methyl sites for hydroxylation is 1. The molecular formula is C19H22N2O3S. The molecule has 0 saturated carbocycles. The van der Waals surface area contributed by atoms with Gasteiger partial charge in [0.1, 0.15) is 12.4 Å². The standard InChI is InChI=1S/C19H22N2O3S/c1-3-23-11-12-24-16-9-6-8-15(13-16)20-19(25)21-18(22)17-10-5-4-7-14(17)2/h4-10,13H,3,11-12H2,1-2H3,(H2,20,21,22,25). The third kappa shape index (κ3) is 6.17. The van der Waals surface area contributed by atoms with Crippen molar-refractivity contribution in [1.29, 1.82) is 0 Å². The monoisotopic (exact) mass is 358 g/mol. The first kappa shape index (κ1) is 18.9. The van der Waals surface area contributed by atoms with Gasteiger partial charge in [0.15, 0.2) is 5.11 Å². The molecule has 0 aromatic heterocycles. The molecule has 0 saturated heterocycles. The Morgan fingerprint density at radius 1 is 1.12 bits per heavy atom. The highest BCUT2D eigenvalue weighted by Crippen LogP contribution is 2.17. The summed E-state index contributed by atoms with van der Waals surface area (Å²) in [4.78, 5) is 12.3. The minimum Gasteiger partial charge on any atom is -0.491 e. The average molecular weight is 358 g/mol.